The molecule has 1 aromatic rings. The van der Waals surface area contributed by atoms with Gasteiger partial charge in [-0.25, -0.2) is 13.1 Å². The smallest absolute Gasteiger partial charge is 0.240 e. The van der Waals surface area contributed by atoms with E-state index in [2.05, 4.69) is 10.0 Å². The third-order valence-electron chi connectivity index (χ3n) is 3.21. The molecular weight excluding hydrogens is 300 g/mol. The first-order chi connectivity index (χ1) is 8.99. The van der Waals surface area contributed by atoms with Crippen LogP contribution in [0.2, 0.25) is 0 Å². The zero-order valence-corrected chi connectivity index (χ0v) is 12.9. The molecule has 2 N–H and O–H groups in total. The molecule has 20 heavy (non-hydrogen) atoms. The summed E-state index contributed by atoms with van der Waals surface area (Å²) < 4.78 is 27.2. The molecule has 1 aliphatic rings. The molecule has 0 aliphatic carbocycles. The first kappa shape index (κ1) is 17.1. The Kier molecular flexibility index (Phi) is 6.13. The summed E-state index contributed by atoms with van der Waals surface area (Å²) in [4.78, 5) is 11.4. The standard InChI is InChI=1S/C13H18N2O3S.ClH/c1-10(16)11-3-2-4-13(9-11)19(17,18)15-12-5-7-14-8-6-12;/h2-4,9,12,14-15H,5-8H2,1H3;1H. The van der Waals surface area contributed by atoms with Gasteiger partial charge in [0.15, 0.2) is 5.78 Å². The number of nitrogens with one attached hydrogen (secondary N) is 2. The lowest BCUT2D eigenvalue weighted by Gasteiger charge is -2.23. The van der Waals surface area contributed by atoms with Crippen molar-refractivity contribution < 1.29 is 13.2 Å². The molecule has 0 unspecified atom stereocenters. The molecule has 1 aliphatic heterocycles. The van der Waals surface area contributed by atoms with Gasteiger partial charge in [-0.1, -0.05) is 12.1 Å². The summed E-state index contributed by atoms with van der Waals surface area (Å²) in [6, 6.07) is 6.11. The van der Waals surface area contributed by atoms with E-state index in [4.69, 9.17) is 0 Å². The van der Waals surface area contributed by atoms with Crippen molar-refractivity contribution in [2.45, 2.75) is 30.7 Å². The quantitative estimate of drug-likeness (QED) is 0.822. The Hall–Kier alpha value is -0.950. The van der Waals surface area contributed by atoms with Gasteiger partial charge in [0.25, 0.3) is 0 Å². The van der Waals surface area contributed by atoms with Gasteiger partial charge >= 0.3 is 0 Å². The van der Waals surface area contributed by atoms with E-state index in [0.717, 1.165) is 25.9 Å². The zero-order chi connectivity index (χ0) is 13.9. The van der Waals surface area contributed by atoms with Crippen LogP contribution >= 0.6 is 12.4 Å². The number of hydrogen-bond donors (Lipinski definition) is 2. The summed E-state index contributed by atoms with van der Waals surface area (Å²) in [6.07, 6.45) is 1.57. The van der Waals surface area contributed by atoms with Crippen molar-refractivity contribution in [3.63, 3.8) is 0 Å². The number of benzene rings is 1. The zero-order valence-electron chi connectivity index (χ0n) is 11.3. The SMILES string of the molecule is CC(=O)c1cccc(S(=O)(=O)NC2CCNCC2)c1.Cl. The Balaban J connectivity index is 0.00000200. The molecular formula is C13H19ClN2O3S. The van der Waals surface area contributed by atoms with E-state index in [-0.39, 0.29) is 29.1 Å². The van der Waals surface area contributed by atoms with E-state index >= 15 is 0 Å². The average molecular weight is 319 g/mol. The van der Waals surface area contributed by atoms with Gasteiger partial charge in [-0.2, -0.15) is 0 Å². The van der Waals surface area contributed by atoms with E-state index in [1.807, 2.05) is 0 Å². The number of rotatable bonds is 4. The van der Waals surface area contributed by atoms with E-state index in [1.165, 1.54) is 19.1 Å². The lowest BCUT2D eigenvalue weighted by Crippen LogP contribution is -2.42. The van der Waals surface area contributed by atoms with E-state index in [9.17, 15) is 13.2 Å². The maximum atomic E-state index is 12.2. The molecule has 2 rings (SSSR count). The number of carbonyl (C=O) groups excluding carboxylic acids is 1. The Bertz CT molecular complexity index is 569. The van der Waals surface area contributed by atoms with E-state index < -0.39 is 10.0 Å². The molecule has 0 spiro atoms. The van der Waals surface area contributed by atoms with Crippen LogP contribution in [0.5, 0.6) is 0 Å². The van der Waals surface area contributed by atoms with Gasteiger partial charge in [0, 0.05) is 11.6 Å². The number of hydrogen-bond acceptors (Lipinski definition) is 4. The first-order valence-electron chi connectivity index (χ1n) is 6.33. The molecule has 0 atom stereocenters. The summed E-state index contributed by atoms with van der Waals surface area (Å²) in [6.45, 7) is 3.06. The summed E-state index contributed by atoms with van der Waals surface area (Å²) >= 11 is 0. The fourth-order valence-electron chi connectivity index (χ4n) is 2.11. The van der Waals surface area contributed by atoms with Gasteiger partial charge in [-0.3, -0.25) is 4.79 Å². The Labute approximate surface area is 125 Å². The van der Waals surface area contributed by atoms with Crippen molar-refractivity contribution in [3.8, 4) is 0 Å². The molecule has 0 radical (unpaired) electrons. The maximum Gasteiger partial charge on any atom is 0.240 e. The van der Waals surface area contributed by atoms with Gasteiger partial charge in [-0.05, 0) is 45.0 Å². The van der Waals surface area contributed by atoms with Gasteiger partial charge in [0.2, 0.25) is 10.0 Å². The van der Waals surface area contributed by atoms with E-state index in [0.29, 0.717) is 5.56 Å². The second-order valence-corrected chi connectivity index (χ2v) is 6.44. The molecule has 112 valence electrons. The molecule has 5 nitrogen and oxygen atoms in total. The van der Waals surface area contributed by atoms with Crippen LogP contribution < -0.4 is 10.0 Å². The van der Waals surface area contributed by atoms with Crippen molar-refractivity contribution in [2.24, 2.45) is 0 Å². The molecule has 7 heteroatoms. The number of halogens is 1. The Morgan fingerprint density at radius 1 is 1.30 bits per heavy atom. The summed E-state index contributed by atoms with van der Waals surface area (Å²) in [7, 11) is -3.55. The first-order valence-corrected chi connectivity index (χ1v) is 7.81. The van der Waals surface area contributed by atoms with Crippen LogP contribution in [0.25, 0.3) is 0 Å². The minimum absolute atomic E-state index is 0. The number of Topliss-reactive ketones (excluding diaryl/α,β-unsaturated/α-hetero) is 1. The Morgan fingerprint density at radius 3 is 2.55 bits per heavy atom. The van der Waals surface area contributed by atoms with Crippen LogP contribution in [0.15, 0.2) is 29.2 Å². The van der Waals surface area contributed by atoms with Crippen molar-refractivity contribution >= 4 is 28.2 Å². The molecule has 1 heterocycles. The minimum atomic E-state index is -3.55. The van der Waals surface area contributed by atoms with Gasteiger partial charge < -0.3 is 5.32 Å². The molecule has 0 aromatic heterocycles. The molecule has 0 amide bonds. The van der Waals surface area contributed by atoms with Crippen molar-refractivity contribution in [3.05, 3.63) is 29.8 Å². The van der Waals surface area contributed by atoms with Crippen molar-refractivity contribution in [2.75, 3.05) is 13.1 Å². The van der Waals surface area contributed by atoms with Crippen molar-refractivity contribution in [1.29, 1.82) is 0 Å². The third kappa shape index (κ3) is 4.28. The van der Waals surface area contributed by atoms with Crippen LogP contribution in [0.1, 0.15) is 30.1 Å². The minimum Gasteiger partial charge on any atom is -0.317 e. The molecule has 0 bridgehead atoms. The maximum absolute atomic E-state index is 12.2. The van der Waals surface area contributed by atoms with Crippen LogP contribution in [0.3, 0.4) is 0 Å². The lowest BCUT2D eigenvalue weighted by atomic mass is 10.1. The van der Waals surface area contributed by atoms with Crippen molar-refractivity contribution in [1.82, 2.24) is 10.0 Å². The number of piperidine rings is 1. The molecule has 1 saturated heterocycles. The van der Waals surface area contributed by atoms with Crippen LogP contribution in [-0.2, 0) is 10.0 Å². The van der Waals surface area contributed by atoms with Crippen LogP contribution in [0.4, 0.5) is 0 Å². The predicted molar refractivity (Wildman–Crippen MR) is 79.9 cm³/mol. The summed E-state index contributed by atoms with van der Waals surface area (Å²) in [5, 5.41) is 3.18. The van der Waals surface area contributed by atoms with Crippen LogP contribution in [0, 0.1) is 0 Å². The summed E-state index contributed by atoms with van der Waals surface area (Å²) in [5.41, 5.74) is 0.410. The lowest BCUT2D eigenvalue weighted by molar-refractivity contribution is 0.101. The Morgan fingerprint density at radius 2 is 1.95 bits per heavy atom. The van der Waals surface area contributed by atoms with E-state index in [1.54, 1.807) is 12.1 Å². The third-order valence-corrected chi connectivity index (χ3v) is 4.73. The monoisotopic (exact) mass is 318 g/mol. The molecule has 0 saturated carbocycles. The van der Waals surface area contributed by atoms with Gasteiger partial charge in [0.05, 0.1) is 4.90 Å². The fraction of sp³-hybridized carbons (Fsp3) is 0.462. The second-order valence-electron chi connectivity index (χ2n) is 4.73. The normalized spacial score (nSPS) is 16.4. The number of sulfonamides is 1. The fourth-order valence-corrected chi connectivity index (χ4v) is 3.46. The largest absolute Gasteiger partial charge is 0.317 e. The van der Waals surface area contributed by atoms with Crippen LogP contribution in [-0.4, -0.2) is 33.3 Å². The average Bonchev–Trinajstić information content (AvgIpc) is 2.39. The molecule has 1 aromatic carbocycles. The second kappa shape index (κ2) is 7.17. The highest BCUT2D eigenvalue weighted by molar-refractivity contribution is 7.89. The predicted octanol–water partition coefficient (Wildman–Crippen LogP) is 1.34. The van der Waals surface area contributed by atoms with Gasteiger partial charge in [0.1, 0.15) is 0 Å². The number of carbonyl (C=O) groups is 1. The topological polar surface area (TPSA) is 75.3 Å². The highest BCUT2D eigenvalue weighted by Crippen LogP contribution is 2.14. The molecule has 1 fully saturated rings. The van der Waals surface area contributed by atoms with Gasteiger partial charge in [-0.15, -0.1) is 12.4 Å². The summed E-state index contributed by atoms with van der Waals surface area (Å²) in [5.74, 6) is -0.140. The number of ketones is 1. The highest BCUT2D eigenvalue weighted by atomic mass is 35.5. The highest BCUT2D eigenvalue weighted by Gasteiger charge is 2.22.